The molecule has 2 rings (SSSR count). The summed E-state index contributed by atoms with van der Waals surface area (Å²) in [5.41, 5.74) is 2.55. The molecule has 1 N–H and O–H groups in total. The maximum atomic E-state index is 3.53. The minimum Gasteiger partial charge on any atom is -0.384 e. The van der Waals surface area contributed by atoms with E-state index in [1.54, 1.807) is 0 Å². The maximum absolute atomic E-state index is 3.53. The molecule has 1 fully saturated rings. The first kappa shape index (κ1) is 12.7. The Kier molecular flexibility index (Phi) is 4.29. The minimum atomic E-state index is 0.956. The lowest BCUT2D eigenvalue weighted by Gasteiger charge is -2.35. The first-order valence-corrected chi connectivity index (χ1v) is 6.97. The topological polar surface area (TPSA) is 18.5 Å². The van der Waals surface area contributed by atoms with Crippen LogP contribution in [0.25, 0.3) is 0 Å². The zero-order valence-corrected chi connectivity index (χ0v) is 12.1. The van der Waals surface area contributed by atoms with Gasteiger partial charge in [0.25, 0.3) is 0 Å². The summed E-state index contributed by atoms with van der Waals surface area (Å²) in [5, 5.41) is 3.44. The maximum Gasteiger partial charge on any atom is 0.0603 e. The van der Waals surface area contributed by atoms with E-state index in [1.807, 2.05) is 0 Å². The molecule has 0 spiro atoms. The van der Waals surface area contributed by atoms with E-state index in [0.717, 1.165) is 37.2 Å². The summed E-state index contributed by atoms with van der Waals surface area (Å²) in [6.07, 6.45) is 0. The van der Waals surface area contributed by atoms with Gasteiger partial charge in [-0.3, -0.25) is 0 Å². The lowest BCUT2D eigenvalue weighted by molar-refractivity contribution is 0.313. The van der Waals surface area contributed by atoms with E-state index in [1.165, 1.54) is 11.4 Å². The van der Waals surface area contributed by atoms with Gasteiger partial charge in [0.1, 0.15) is 0 Å². The van der Waals surface area contributed by atoms with Crippen LogP contribution in [0.15, 0.2) is 22.7 Å². The highest BCUT2D eigenvalue weighted by Crippen LogP contribution is 2.29. The number of nitrogens with zero attached hydrogens (tertiary/aromatic N) is 2. The van der Waals surface area contributed by atoms with Crippen LogP contribution >= 0.6 is 15.9 Å². The molecule has 0 bridgehead atoms. The third-order valence-corrected chi connectivity index (χ3v) is 3.66. The molecule has 17 heavy (non-hydrogen) atoms. The molecule has 1 aromatic carbocycles. The second kappa shape index (κ2) is 5.74. The largest absolute Gasteiger partial charge is 0.384 e. The quantitative estimate of drug-likeness (QED) is 0.925. The Bertz CT molecular complexity index is 373. The third-order valence-electron chi connectivity index (χ3n) is 3.17. The summed E-state index contributed by atoms with van der Waals surface area (Å²) in [7, 11) is 2.18. The molecular weight excluding hydrogens is 278 g/mol. The second-order valence-corrected chi connectivity index (χ2v) is 5.40. The van der Waals surface area contributed by atoms with Gasteiger partial charge < -0.3 is 15.1 Å². The number of halogens is 1. The number of rotatable bonds is 3. The summed E-state index contributed by atoms with van der Waals surface area (Å²) in [6.45, 7) is 7.59. The highest BCUT2D eigenvalue weighted by Gasteiger charge is 2.16. The Labute approximate surface area is 112 Å². The predicted octanol–water partition coefficient (Wildman–Crippen LogP) is 2.63. The molecule has 1 heterocycles. The van der Waals surface area contributed by atoms with Gasteiger partial charge in [0.05, 0.1) is 11.4 Å². The van der Waals surface area contributed by atoms with Crippen LogP contribution in [0, 0.1) is 0 Å². The molecule has 0 atom stereocenters. The van der Waals surface area contributed by atoms with Crippen LogP contribution in [0.1, 0.15) is 6.92 Å². The van der Waals surface area contributed by atoms with Crippen LogP contribution in [-0.2, 0) is 0 Å². The second-order valence-electron chi connectivity index (χ2n) is 4.48. The Morgan fingerprint density at radius 1 is 1.24 bits per heavy atom. The van der Waals surface area contributed by atoms with Crippen molar-refractivity contribution >= 4 is 27.3 Å². The highest BCUT2D eigenvalue weighted by molar-refractivity contribution is 9.10. The summed E-state index contributed by atoms with van der Waals surface area (Å²) in [6, 6.07) is 6.49. The molecule has 0 radical (unpaired) electrons. The van der Waals surface area contributed by atoms with Crippen LogP contribution in [0.3, 0.4) is 0 Å². The fourth-order valence-corrected chi connectivity index (χ4v) is 2.52. The van der Waals surface area contributed by atoms with Crippen molar-refractivity contribution in [3.8, 4) is 0 Å². The number of hydrogen-bond donors (Lipinski definition) is 1. The van der Waals surface area contributed by atoms with Crippen molar-refractivity contribution in [2.75, 3.05) is 50.0 Å². The third kappa shape index (κ3) is 3.13. The molecule has 94 valence electrons. The van der Waals surface area contributed by atoms with Crippen molar-refractivity contribution in [3.63, 3.8) is 0 Å². The Balaban J connectivity index is 2.18. The van der Waals surface area contributed by atoms with Crippen LogP contribution in [-0.4, -0.2) is 44.7 Å². The van der Waals surface area contributed by atoms with Crippen molar-refractivity contribution in [2.45, 2.75) is 6.92 Å². The van der Waals surface area contributed by atoms with Crippen molar-refractivity contribution in [2.24, 2.45) is 0 Å². The zero-order valence-electron chi connectivity index (χ0n) is 10.5. The van der Waals surface area contributed by atoms with E-state index in [-0.39, 0.29) is 0 Å². The number of hydrogen-bond acceptors (Lipinski definition) is 3. The minimum absolute atomic E-state index is 0.956. The highest BCUT2D eigenvalue weighted by atomic mass is 79.9. The van der Waals surface area contributed by atoms with Crippen molar-refractivity contribution in [1.82, 2.24) is 4.90 Å². The standard InChI is InChI=1S/C13H20BrN3/c1-3-15-12-10-11(14)4-5-13(12)17-8-6-16(2)7-9-17/h4-5,10,15H,3,6-9H2,1-2H3. The average Bonchev–Trinajstić information content (AvgIpc) is 2.31. The van der Waals surface area contributed by atoms with E-state index >= 15 is 0 Å². The van der Waals surface area contributed by atoms with Crippen LogP contribution < -0.4 is 10.2 Å². The smallest absolute Gasteiger partial charge is 0.0603 e. The van der Waals surface area contributed by atoms with Gasteiger partial charge in [0, 0.05) is 37.2 Å². The van der Waals surface area contributed by atoms with Gasteiger partial charge in [-0.15, -0.1) is 0 Å². The monoisotopic (exact) mass is 297 g/mol. The summed E-state index contributed by atoms with van der Waals surface area (Å²) in [4.78, 5) is 4.84. The molecule has 0 aromatic heterocycles. The van der Waals surface area contributed by atoms with Gasteiger partial charge in [-0.05, 0) is 32.2 Å². The molecule has 0 aliphatic carbocycles. The first-order chi connectivity index (χ1) is 8.20. The predicted molar refractivity (Wildman–Crippen MR) is 78.0 cm³/mol. The average molecular weight is 298 g/mol. The van der Waals surface area contributed by atoms with Gasteiger partial charge in [0.15, 0.2) is 0 Å². The zero-order chi connectivity index (χ0) is 12.3. The van der Waals surface area contributed by atoms with E-state index < -0.39 is 0 Å². The molecule has 4 heteroatoms. The Hall–Kier alpha value is -0.740. The van der Waals surface area contributed by atoms with E-state index in [0.29, 0.717) is 0 Å². The first-order valence-electron chi connectivity index (χ1n) is 6.17. The lowest BCUT2D eigenvalue weighted by Crippen LogP contribution is -2.44. The van der Waals surface area contributed by atoms with Gasteiger partial charge in [0.2, 0.25) is 0 Å². The number of benzene rings is 1. The van der Waals surface area contributed by atoms with Gasteiger partial charge in [-0.2, -0.15) is 0 Å². The van der Waals surface area contributed by atoms with Crippen LogP contribution in [0.5, 0.6) is 0 Å². The molecule has 0 unspecified atom stereocenters. The van der Waals surface area contributed by atoms with Gasteiger partial charge in [-0.25, -0.2) is 0 Å². The summed E-state index contributed by atoms with van der Waals surface area (Å²) >= 11 is 3.53. The molecule has 0 saturated carbocycles. The van der Waals surface area contributed by atoms with E-state index in [4.69, 9.17) is 0 Å². The normalized spacial score (nSPS) is 17.2. The molecule has 1 saturated heterocycles. The fraction of sp³-hybridized carbons (Fsp3) is 0.538. The van der Waals surface area contributed by atoms with Crippen molar-refractivity contribution in [1.29, 1.82) is 0 Å². The van der Waals surface area contributed by atoms with Gasteiger partial charge in [-0.1, -0.05) is 15.9 Å². The Morgan fingerprint density at radius 3 is 2.59 bits per heavy atom. The molecule has 3 nitrogen and oxygen atoms in total. The van der Waals surface area contributed by atoms with Gasteiger partial charge >= 0.3 is 0 Å². The van der Waals surface area contributed by atoms with Crippen LogP contribution in [0.4, 0.5) is 11.4 Å². The van der Waals surface area contributed by atoms with E-state index in [2.05, 4.69) is 63.2 Å². The van der Waals surface area contributed by atoms with Crippen molar-refractivity contribution < 1.29 is 0 Å². The summed E-state index contributed by atoms with van der Waals surface area (Å²) < 4.78 is 1.13. The SMILES string of the molecule is CCNc1cc(Br)ccc1N1CCN(C)CC1. The number of nitrogens with one attached hydrogen (secondary N) is 1. The molecule has 1 aliphatic heterocycles. The molecule has 0 amide bonds. The molecule has 1 aromatic rings. The lowest BCUT2D eigenvalue weighted by atomic mass is 10.2. The van der Waals surface area contributed by atoms with Crippen molar-refractivity contribution in [3.05, 3.63) is 22.7 Å². The molecular formula is C13H20BrN3. The van der Waals surface area contributed by atoms with E-state index in [9.17, 15) is 0 Å². The van der Waals surface area contributed by atoms with Crippen LogP contribution in [0.2, 0.25) is 0 Å². The summed E-state index contributed by atoms with van der Waals surface area (Å²) in [5.74, 6) is 0. The number of piperazine rings is 1. The number of anilines is 2. The fourth-order valence-electron chi connectivity index (χ4n) is 2.16. The number of likely N-dealkylation sites (N-methyl/N-ethyl adjacent to an activating group) is 1. The molecule has 1 aliphatic rings. The Morgan fingerprint density at radius 2 is 1.94 bits per heavy atom.